The highest BCUT2D eigenvalue weighted by Gasteiger charge is 2.17. The number of pyridine rings is 1. The number of nitrogens with one attached hydrogen (secondary N) is 1. The number of aryl methyl sites for hydroxylation is 1. The zero-order chi connectivity index (χ0) is 14.8. The number of hydrogen-bond donors (Lipinski definition) is 1. The Hall–Kier alpha value is -2.33. The maximum absolute atomic E-state index is 12.5. The summed E-state index contributed by atoms with van der Waals surface area (Å²) in [6, 6.07) is 12.8. The van der Waals surface area contributed by atoms with E-state index in [9.17, 15) is 4.79 Å². The molecule has 0 atom stereocenters. The molecule has 5 heteroatoms. The fourth-order valence-electron chi connectivity index (χ4n) is 2.26. The number of imidazole rings is 1. The summed E-state index contributed by atoms with van der Waals surface area (Å²) >= 11 is 6.07. The lowest BCUT2D eigenvalue weighted by molar-refractivity contribution is 0.102. The summed E-state index contributed by atoms with van der Waals surface area (Å²) in [5.74, 6) is 0.599. The maximum atomic E-state index is 12.5. The lowest BCUT2D eigenvalue weighted by atomic mass is 10.3. The van der Waals surface area contributed by atoms with Crippen molar-refractivity contribution in [3.63, 3.8) is 0 Å². The molecule has 0 bridgehead atoms. The molecule has 106 valence electrons. The molecule has 0 spiro atoms. The fourth-order valence-corrected chi connectivity index (χ4v) is 2.44. The third-order valence-corrected chi connectivity index (χ3v) is 3.60. The number of halogens is 1. The molecule has 0 aliphatic carbocycles. The number of benzene rings is 1. The van der Waals surface area contributed by atoms with Crippen molar-refractivity contribution in [1.82, 2.24) is 9.38 Å². The van der Waals surface area contributed by atoms with Gasteiger partial charge in [0.2, 0.25) is 0 Å². The second-order valence-corrected chi connectivity index (χ2v) is 5.03. The number of para-hydroxylation sites is 1. The van der Waals surface area contributed by atoms with Gasteiger partial charge in [-0.3, -0.25) is 4.79 Å². The van der Waals surface area contributed by atoms with E-state index >= 15 is 0 Å². The van der Waals surface area contributed by atoms with Gasteiger partial charge in [-0.1, -0.05) is 36.7 Å². The standard InChI is InChI=1S/C16H14ClN3O/c1-2-14-19-15(13-9-5-6-10-20(13)14)16(21)18-12-8-4-3-7-11(12)17/h3-10H,2H2,1H3,(H,18,21). The minimum absolute atomic E-state index is 0.258. The predicted octanol–water partition coefficient (Wildman–Crippen LogP) is 3.80. The van der Waals surface area contributed by atoms with Crippen LogP contribution in [0.2, 0.25) is 5.02 Å². The summed E-state index contributed by atoms with van der Waals surface area (Å²) in [6.07, 6.45) is 2.66. The minimum atomic E-state index is -0.258. The summed E-state index contributed by atoms with van der Waals surface area (Å²) in [7, 11) is 0. The number of aromatic nitrogens is 2. The Kier molecular flexibility index (Phi) is 3.62. The number of hydrogen-bond acceptors (Lipinski definition) is 2. The number of carbonyl (C=O) groups excluding carboxylic acids is 1. The molecule has 0 saturated carbocycles. The van der Waals surface area contributed by atoms with E-state index < -0.39 is 0 Å². The zero-order valence-corrected chi connectivity index (χ0v) is 12.3. The van der Waals surface area contributed by atoms with Crippen LogP contribution < -0.4 is 5.32 Å². The normalized spacial score (nSPS) is 10.8. The Balaban J connectivity index is 2.01. The molecular formula is C16H14ClN3O. The summed E-state index contributed by atoms with van der Waals surface area (Å²) in [6.45, 7) is 2.01. The number of anilines is 1. The molecule has 2 aromatic heterocycles. The molecule has 21 heavy (non-hydrogen) atoms. The zero-order valence-electron chi connectivity index (χ0n) is 11.5. The number of carbonyl (C=O) groups is 1. The van der Waals surface area contributed by atoms with Crippen molar-refractivity contribution >= 4 is 28.7 Å². The number of rotatable bonds is 3. The van der Waals surface area contributed by atoms with Gasteiger partial charge in [-0.15, -0.1) is 0 Å². The van der Waals surface area contributed by atoms with E-state index in [1.54, 1.807) is 12.1 Å². The second kappa shape index (κ2) is 5.58. The Labute approximate surface area is 127 Å². The first kappa shape index (κ1) is 13.6. The summed E-state index contributed by atoms with van der Waals surface area (Å²) in [5, 5.41) is 3.31. The maximum Gasteiger partial charge on any atom is 0.276 e. The topological polar surface area (TPSA) is 46.4 Å². The molecule has 3 aromatic rings. The fraction of sp³-hybridized carbons (Fsp3) is 0.125. The van der Waals surface area contributed by atoms with Gasteiger partial charge < -0.3 is 9.72 Å². The summed E-state index contributed by atoms with van der Waals surface area (Å²) in [4.78, 5) is 16.9. The minimum Gasteiger partial charge on any atom is -0.319 e. The summed E-state index contributed by atoms with van der Waals surface area (Å²) < 4.78 is 1.93. The van der Waals surface area contributed by atoms with Crippen LogP contribution >= 0.6 is 11.6 Å². The van der Waals surface area contributed by atoms with Gasteiger partial charge in [0.25, 0.3) is 5.91 Å². The van der Waals surface area contributed by atoms with Crippen LogP contribution in [0.4, 0.5) is 5.69 Å². The van der Waals surface area contributed by atoms with Crippen molar-refractivity contribution in [1.29, 1.82) is 0 Å². The van der Waals surface area contributed by atoms with Crippen LogP contribution in [0.15, 0.2) is 48.7 Å². The molecule has 0 radical (unpaired) electrons. The van der Waals surface area contributed by atoms with E-state index in [2.05, 4.69) is 10.3 Å². The van der Waals surface area contributed by atoms with Crippen LogP contribution in [0.5, 0.6) is 0 Å². The van der Waals surface area contributed by atoms with Crippen molar-refractivity contribution < 1.29 is 4.79 Å². The van der Waals surface area contributed by atoms with E-state index in [1.807, 2.05) is 47.9 Å². The van der Waals surface area contributed by atoms with Crippen molar-refractivity contribution in [3.8, 4) is 0 Å². The van der Waals surface area contributed by atoms with E-state index in [0.29, 0.717) is 16.4 Å². The molecule has 4 nitrogen and oxygen atoms in total. The van der Waals surface area contributed by atoms with Crippen LogP contribution in [-0.4, -0.2) is 15.3 Å². The van der Waals surface area contributed by atoms with Crippen LogP contribution in [0, 0.1) is 0 Å². The number of fused-ring (bicyclic) bond motifs is 1. The third kappa shape index (κ3) is 2.50. The molecule has 2 heterocycles. The molecule has 0 unspecified atom stereocenters. The highest BCUT2D eigenvalue weighted by Crippen LogP contribution is 2.22. The van der Waals surface area contributed by atoms with Gasteiger partial charge in [0, 0.05) is 12.6 Å². The van der Waals surface area contributed by atoms with Crippen molar-refractivity contribution in [2.24, 2.45) is 0 Å². The Bertz CT molecular complexity index is 810. The second-order valence-electron chi connectivity index (χ2n) is 4.62. The third-order valence-electron chi connectivity index (χ3n) is 3.27. The van der Waals surface area contributed by atoms with Crippen LogP contribution in [0.1, 0.15) is 23.2 Å². The van der Waals surface area contributed by atoms with Gasteiger partial charge >= 0.3 is 0 Å². The molecule has 1 N–H and O–H groups in total. The first-order valence-corrected chi connectivity index (χ1v) is 7.10. The Morgan fingerprint density at radius 3 is 2.76 bits per heavy atom. The van der Waals surface area contributed by atoms with Gasteiger partial charge in [-0.2, -0.15) is 0 Å². The molecule has 0 fully saturated rings. The first-order valence-electron chi connectivity index (χ1n) is 6.72. The number of amides is 1. The lowest BCUT2D eigenvalue weighted by Crippen LogP contribution is -2.13. The average molecular weight is 300 g/mol. The van der Waals surface area contributed by atoms with Crippen LogP contribution in [-0.2, 0) is 6.42 Å². The monoisotopic (exact) mass is 299 g/mol. The van der Waals surface area contributed by atoms with Gasteiger partial charge in [-0.25, -0.2) is 4.98 Å². The van der Waals surface area contributed by atoms with E-state index in [-0.39, 0.29) is 5.91 Å². The lowest BCUT2D eigenvalue weighted by Gasteiger charge is -2.05. The molecule has 0 aliphatic rings. The molecular weight excluding hydrogens is 286 g/mol. The largest absolute Gasteiger partial charge is 0.319 e. The molecule has 3 rings (SSSR count). The summed E-state index contributed by atoms with van der Waals surface area (Å²) in [5.41, 5.74) is 1.78. The SMILES string of the molecule is CCc1nc(C(=O)Nc2ccccc2Cl)c2ccccn12. The molecule has 0 saturated heterocycles. The van der Waals surface area contributed by atoms with E-state index in [1.165, 1.54) is 0 Å². The van der Waals surface area contributed by atoms with Gasteiger partial charge in [0.15, 0.2) is 5.69 Å². The van der Waals surface area contributed by atoms with Gasteiger partial charge in [0.1, 0.15) is 5.82 Å². The Morgan fingerprint density at radius 1 is 1.24 bits per heavy atom. The highest BCUT2D eigenvalue weighted by atomic mass is 35.5. The first-order chi connectivity index (χ1) is 10.2. The smallest absolute Gasteiger partial charge is 0.276 e. The van der Waals surface area contributed by atoms with Gasteiger partial charge in [0.05, 0.1) is 16.2 Å². The van der Waals surface area contributed by atoms with Crippen molar-refractivity contribution in [3.05, 3.63) is 65.2 Å². The highest BCUT2D eigenvalue weighted by molar-refractivity contribution is 6.34. The quantitative estimate of drug-likeness (QED) is 0.799. The van der Waals surface area contributed by atoms with Crippen LogP contribution in [0.3, 0.4) is 0 Å². The molecule has 1 aromatic carbocycles. The van der Waals surface area contributed by atoms with Crippen molar-refractivity contribution in [2.75, 3.05) is 5.32 Å². The van der Waals surface area contributed by atoms with Crippen molar-refractivity contribution in [2.45, 2.75) is 13.3 Å². The van der Waals surface area contributed by atoms with E-state index in [4.69, 9.17) is 11.6 Å². The van der Waals surface area contributed by atoms with Gasteiger partial charge in [-0.05, 0) is 24.3 Å². The Morgan fingerprint density at radius 2 is 2.00 bits per heavy atom. The average Bonchev–Trinajstić information content (AvgIpc) is 2.88. The predicted molar refractivity (Wildman–Crippen MR) is 84.0 cm³/mol. The van der Waals surface area contributed by atoms with Crippen LogP contribution in [0.25, 0.3) is 5.52 Å². The van der Waals surface area contributed by atoms with E-state index in [0.717, 1.165) is 17.8 Å². The number of nitrogens with zero attached hydrogens (tertiary/aromatic N) is 2. The molecule has 0 aliphatic heterocycles. The molecule has 1 amide bonds.